The molecule has 0 atom stereocenters. The Hall–Kier alpha value is -2.41. The molecule has 1 saturated carbocycles. The zero-order valence-corrected chi connectivity index (χ0v) is 13.5. The van der Waals surface area contributed by atoms with Crippen molar-refractivity contribution in [1.29, 1.82) is 0 Å². The summed E-state index contributed by atoms with van der Waals surface area (Å²) in [6.07, 6.45) is 6.43. The van der Waals surface area contributed by atoms with Gasteiger partial charge < -0.3 is 9.63 Å². The molecule has 1 fully saturated rings. The molecule has 7 nitrogen and oxygen atoms in total. The number of aromatic nitrogens is 2. The summed E-state index contributed by atoms with van der Waals surface area (Å²) in [4.78, 5) is 26.1. The number of nitrogens with zero attached hydrogens (tertiary/aromatic N) is 2. The van der Waals surface area contributed by atoms with Gasteiger partial charge in [0.25, 0.3) is 0 Å². The van der Waals surface area contributed by atoms with E-state index in [-0.39, 0.29) is 18.5 Å². The van der Waals surface area contributed by atoms with Gasteiger partial charge in [0, 0.05) is 5.56 Å². The number of pyridine rings is 1. The number of aliphatic hydroxyl groups is 1. The number of hydrogen-bond acceptors (Lipinski definition) is 7. The number of carbonyl (C=O) groups excluding carboxylic acids is 1. The molecule has 0 amide bonds. The molecular weight excluding hydrogens is 312 g/mol. The van der Waals surface area contributed by atoms with Crippen molar-refractivity contribution in [2.75, 3.05) is 0 Å². The zero-order chi connectivity index (χ0) is 16.9. The first-order valence-electron chi connectivity index (χ1n) is 8.10. The van der Waals surface area contributed by atoms with Crippen LogP contribution in [0.2, 0.25) is 0 Å². The Labute approximate surface area is 139 Å². The van der Waals surface area contributed by atoms with E-state index < -0.39 is 0 Å². The first-order valence-corrected chi connectivity index (χ1v) is 8.10. The van der Waals surface area contributed by atoms with Crippen LogP contribution in [0, 0.1) is 12.8 Å². The van der Waals surface area contributed by atoms with E-state index in [1.54, 1.807) is 19.1 Å². The molecule has 2 aromatic heterocycles. The van der Waals surface area contributed by atoms with Crippen LogP contribution in [-0.4, -0.2) is 21.2 Å². The van der Waals surface area contributed by atoms with Crippen molar-refractivity contribution < 1.29 is 24.2 Å². The highest BCUT2D eigenvalue weighted by Gasteiger charge is 2.24. The summed E-state index contributed by atoms with van der Waals surface area (Å²) < 4.78 is 5.19. The molecule has 7 heteroatoms. The van der Waals surface area contributed by atoms with Gasteiger partial charge in [0.1, 0.15) is 5.69 Å². The largest absolute Gasteiger partial charge is 0.391 e. The van der Waals surface area contributed by atoms with Crippen molar-refractivity contribution in [1.82, 2.24) is 10.1 Å². The molecule has 2 aromatic rings. The second-order valence-corrected chi connectivity index (χ2v) is 5.93. The monoisotopic (exact) mass is 332 g/mol. The minimum absolute atomic E-state index is 0.0738. The topological polar surface area (TPSA) is 94.7 Å². The molecule has 0 unspecified atom stereocenters. The highest BCUT2D eigenvalue weighted by atomic mass is 17.2. The molecular formula is C17H20N2O5. The molecule has 128 valence electrons. The maximum absolute atomic E-state index is 11.9. The predicted molar refractivity (Wildman–Crippen MR) is 83.7 cm³/mol. The minimum atomic E-state index is -0.327. The third-order valence-corrected chi connectivity index (χ3v) is 4.27. The summed E-state index contributed by atoms with van der Waals surface area (Å²) in [7, 11) is 0. The first-order chi connectivity index (χ1) is 11.7. The Balaban J connectivity index is 1.61. The van der Waals surface area contributed by atoms with E-state index >= 15 is 0 Å². The van der Waals surface area contributed by atoms with Crippen LogP contribution in [0.5, 0.6) is 5.75 Å². The lowest BCUT2D eigenvalue weighted by molar-refractivity contribution is -0.219. The van der Waals surface area contributed by atoms with E-state index in [2.05, 4.69) is 10.1 Å². The van der Waals surface area contributed by atoms with Crippen LogP contribution in [0.15, 0.2) is 22.9 Å². The van der Waals surface area contributed by atoms with Crippen molar-refractivity contribution in [2.24, 2.45) is 5.92 Å². The average Bonchev–Trinajstić information content (AvgIpc) is 3.01. The fourth-order valence-electron chi connectivity index (χ4n) is 2.84. The summed E-state index contributed by atoms with van der Waals surface area (Å²) in [6.45, 7) is 1.57. The Morgan fingerprint density at radius 2 is 2.12 bits per heavy atom. The molecule has 1 aliphatic carbocycles. The molecule has 0 saturated heterocycles. The molecule has 0 bridgehead atoms. The number of hydrogen-bond donors (Lipinski definition) is 1. The van der Waals surface area contributed by atoms with Crippen LogP contribution in [0.1, 0.15) is 43.4 Å². The van der Waals surface area contributed by atoms with E-state index in [9.17, 15) is 9.90 Å². The number of rotatable bonds is 5. The SMILES string of the molecule is Cc1noc(-c2ccc(OOC(=O)C3CCCCC3)cn2)c1CO. The molecule has 0 radical (unpaired) electrons. The zero-order valence-electron chi connectivity index (χ0n) is 13.5. The number of carbonyl (C=O) groups is 1. The second-order valence-electron chi connectivity index (χ2n) is 5.93. The Morgan fingerprint density at radius 3 is 2.79 bits per heavy atom. The normalized spacial score (nSPS) is 15.2. The summed E-state index contributed by atoms with van der Waals surface area (Å²) in [5, 5.41) is 13.2. The molecule has 0 aromatic carbocycles. The summed E-state index contributed by atoms with van der Waals surface area (Å²) in [6, 6.07) is 3.28. The van der Waals surface area contributed by atoms with Crippen molar-refractivity contribution in [3.63, 3.8) is 0 Å². The molecule has 2 heterocycles. The van der Waals surface area contributed by atoms with Gasteiger partial charge in [-0.3, -0.25) is 9.78 Å². The third kappa shape index (κ3) is 3.56. The van der Waals surface area contributed by atoms with Gasteiger partial charge in [-0.2, -0.15) is 0 Å². The van der Waals surface area contributed by atoms with Gasteiger partial charge in [0.2, 0.25) is 0 Å². The standard InChI is InChI=1S/C17H20N2O5/c1-11-14(10-20)16(22-19-11)15-8-7-13(9-18-15)23-24-17(21)12-5-3-2-4-6-12/h7-9,12,20H,2-6,10H2,1H3. The lowest BCUT2D eigenvalue weighted by Gasteiger charge is -2.18. The summed E-state index contributed by atoms with van der Waals surface area (Å²) in [5.74, 6) is 0.341. The van der Waals surface area contributed by atoms with Crippen LogP contribution in [-0.2, 0) is 16.3 Å². The fraction of sp³-hybridized carbons (Fsp3) is 0.471. The van der Waals surface area contributed by atoms with Crippen LogP contribution in [0.25, 0.3) is 11.5 Å². The molecule has 3 rings (SSSR count). The smallest absolute Gasteiger partial charge is 0.358 e. The maximum Gasteiger partial charge on any atom is 0.358 e. The molecule has 1 aliphatic rings. The van der Waals surface area contributed by atoms with E-state index in [0.717, 1.165) is 25.7 Å². The molecule has 24 heavy (non-hydrogen) atoms. The van der Waals surface area contributed by atoms with Crippen LogP contribution in [0.4, 0.5) is 0 Å². The van der Waals surface area contributed by atoms with E-state index in [4.69, 9.17) is 14.3 Å². The van der Waals surface area contributed by atoms with Gasteiger partial charge in [0.05, 0.1) is 24.4 Å². The average molecular weight is 332 g/mol. The minimum Gasteiger partial charge on any atom is -0.391 e. The van der Waals surface area contributed by atoms with E-state index in [1.807, 2.05) is 0 Å². The summed E-state index contributed by atoms with van der Waals surface area (Å²) >= 11 is 0. The molecule has 0 aliphatic heterocycles. The van der Waals surface area contributed by atoms with Gasteiger partial charge in [-0.25, -0.2) is 9.78 Å². The van der Waals surface area contributed by atoms with Crippen LogP contribution in [0.3, 0.4) is 0 Å². The Kier molecular flexibility index (Phi) is 5.10. The van der Waals surface area contributed by atoms with Crippen LogP contribution >= 0.6 is 0 Å². The Bertz CT molecular complexity index is 690. The van der Waals surface area contributed by atoms with Crippen molar-refractivity contribution in [3.8, 4) is 17.2 Å². The van der Waals surface area contributed by atoms with Gasteiger partial charge in [-0.1, -0.05) is 24.4 Å². The fourth-order valence-corrected chi connectivity index (χ4v) is 2.84. The summed E-state index contributed by atoms with van der Waals surface area (Å²) in [5.41, 5.74) is 1.74. The van der Waals surface area contributed by atoms with Crippen LogP contribution < -0.4 is 4.89 Å². The molecule has 0 spiro atoms. The predicted octanol–water partition coefficient (Wildman–Crippen LogP) is 2.95. The van der Waals surface area contributed by atoms with E-state index in [0.29, 0.717) is 28.5 Å². The van der Waals surface area contributed by atoms with Gasteiger partial charge >= 0.3 is 5.97 Å². The quantitative estimate of drug-likeness (QED) is 0.664. The lowest BCUT2D eigenvalue weighted by Crippen LogP contribution is -2.21. The second kappa shape index (κ2) is 7.44. The number of aryl methyl sites for hydroxylation is 1. The van der Waals surface area contributed by atoms with E-state index in [1.165, 1.54) is 12.6 Å². The van der Waals surface area contributed by atoms with Gasteiger partial charge in [0.15, 0.2) is 11.5 Å². The molecule has 1 N–H and O–H groups in total. The van der Waals surface area contributed by atoms with Crippen molar-refractivity contribution in [3.05, 3.63) is 29.6 Å². The first kappa shape index (κ1) is 16.4. The maximum atomic E-state index is 11.9. The highest BCUT2D eigenvalue weighted by molar-refractivity contribution is 5.72. The number of aliphatic hydroxyl groups excluding tert-OH is 1. The van der Waals surface area contributed by atoms with Crippen molar-refractivity contribution in [2.45, 2.75) is 45.6 Å². The third-order valence-electron chi connectivity index (χ3n) is 4.27. The highest BCUT2D eigenvalue weighted by Crippen LogP contribution is 2.27. The Morgan fingerprint density at radius 1 is 1.33 bits per heavy atom. The van der Waals surface area contributed by atoms with Crippen molar-refractivity contribution >= 4 is 5.97 Å². The van der Waals surface area contributed by atoms with Gasteiger partial charge in [-0.15, -0.1) is 0 Å². The lowest BCUT2D eigenvalue weighted by atomic mass is 9.89. The van der Waals surface area contributed by atoms with Gasteiger partial charge in [-0.05, 0) is 31.9 Å².